The highest BCUT2D eigenvalue weighted by Gasteiger charge is 2.55. The number of hydrogen-bond donors (Lipinski definition) is 4. The molecule has 3 aromatic carbocycles. The molecule has 14 heteroatoms. The average Bonchev–Trinajstić information content (AvgIpc) is 3.97. The summed E-state index contributed by atoms with van der Waals surface area (Å²) in [5, 5.41) is 7.59. The van der Waals surface area contributed by atoms with Crippen LogP contribution in [-0.2, 0) is 19.1 Å². The Balaban J connectivity index is 0.895. The number of methoxy groups -OCH3 is 2. The van der Waals surface area contributed by atoms with Crippen molar-refractivity contribution in [2.45, 2.75) is 96.4 Å². The highest BCUT2D eigenvalue weighted by Crippen LogP contribution is 2.59. The number of carbonyl (C=O) groups excluding carboxylic acids is 4. The van der Waals surface area contributed by atoms with Crippen LogP contribution >= 0.6 is 0 Å². The lowest BCUT2D eigenvalue weighted by molar-refractivity contribution is -0.139. The number of carbonyl (C=O) groups is 4. The number of imidazole rings is 1. The summed E-state index contributed by atoms with van der Waals surface area (Å²) in [5.74, 6) is 0.679. The largest absolute Gasteiger partial charge is 0.456 e. The van der Waals surface area contributed by atoms with Crippen molar-refractivity contribution < 1.29 is 33.1 Å². The van der Waals surface area contributed by atoms with Crippen LogP contribution in [0.1, 0.15) is 89.8 Å². The predicted molar refractivity (Wildman–Crippen MR) is 238 cm³/mol. The number of nitrogens with one attached hydrogen (secondary N) is 4. The van der Waals surface area contributed by atoms with E-state index in [4.69, 9.17) is 18.9 Å². The predicted octanol–water partition coefficient (Wildman–Crippen LogP) is 8.99. The summed E-state index contributed by atoms with van der Waals surface area (Å²) in [6.45, 7) is 8.42. The van der Waals surface area contributed by atoms with Crippen molar-refractivity contribution in [2.24, 2.45) is 23.2 Å². The Morgan fingerprint density at radius 2 is 1.41 bits per heavy atom. The molecule has 5 heterocycles. The first kappa shape index (κ1) is 40.7. The Kier molecular flexibility index (Phi) is 10.0. The molecule has 4 fully saturated rings. The maximum absolute atomic E-state index is 14.1. The van der Waals surface area contributed by atoms with Gasteiger partial charge in [-0.3, -0.25) is 9.59 Å². The fourth-order valence-corrected chi connectivity index (χ4v) is 10.7. The fourth-order valence-electron chi connectivity index (χ4n) is 10.7. The minimum atomic E-state index is -0.694. The van der Waals surface area contributed by atoms with Crippen LogP contribution in [0.25, 0.3) is 55.4 Å². The second-order valence-electron chi connectivity index (χ2n) is 19.0. The molecule has 4 aliphatic rings. The van der Waals surface area contributed by atoms with E-state index in [1.807, 2.05) is 43.6 Å². The van der Waals surface area contributed by atoms with Crippen LogP contribution in [0.2, 0.25) is 0 Å². The number of benzene rings is 3. The number of nitrogens with zero attached hydrogens (tertiary/aromatic N) is 3. The Bertz CT molecular complexity index is 2780. The number of furan rings is 1. The Labute approximate surface area is 365 Å². The first-order valence-electron chi connectivity index (χ1n) is 22.3. The second kappa shape index (κ2) is 15.5. The van der Waals surface area contributed by atoms with Gasteiger partial charge in [0.25, 0.3) is 0 Å². The number of rotatable bonds is 10. The SMILES string of the molecule is COC(=O)N[C@H](C(=O)N1CC2(CC2)C[C@H]1c1ccc(-c2ccc3c(c2)oc2cc(-c4ccc5nc([C@@H]6[C@H]7CC[C@H](C7)N6C(=O)[C@@H](NC(=O)OC)C(C)C)[nH]c5c4)ccc23)[nH]1)C(C)C. The van der Waals surface area contributed by atoms with Crippen LogP contribution in [0.5, 0.6) is 0 Å². The summed E-state index contributed by atoms with van der Waals surface area (Å²) >= 11 is 0. The third-order valence-electron chi connectivity index (χ3n) is 14.3. The highest BCUT2D eigenvalue weighted by molar-refractivity contribution is 6.07. The number of fused-ring (bicyclic) bond motifs is 6. The number of piperidine rings is 1. The summed E-state index contributed by atoms with van der Waals surface area (Å²) in [6.07, 6.45) is 4.77. The molecular formula is C49H55N7O7. The number of likely N-dealkylation sites (tertiary alicyclic amines) is 2. The van der Waals surface area contributed by atoms with Gasteiger partial charge in [-0.2, -0.15) is 0 Å². The lowest BCUT2D eigenvalue weighted by Gasteiger charge is -2.37. The molecule has 3 aromatic heterocycles. The van der Waals surface area contributed by atoms with E-state index in [2.05, 4.69) is 81.3 Å². The van der Waals surface area contributed by atoms with E-state index in [-0.39, 0.29) is 47.2 Å². The van der Waals surface area contributed by atoms with Crippen molar-refractivity contribution in [1.29, 1.82) is 0 Å². The number of amides is 4. The van der Waals surface area contributed by atoms with Crippen LogP contribution in [-0.4, -0.2) is 87.6 Å². The summed E-state index contributed by atoms with van der Waals surface area (Å²) in [5.41, 5.74) is 8.33. The number of aromatic nitrogens is 3. The molecule has 2 saturated carbocycles. The van der Waals surface area contributed by atoms with E-state index in [0.717, 1.165) is 105 Å². The van der Waals surface area contributed by atoms with E-state index in [1.165, 1.54) is 14.2 Å². The summed E-state index contributed by atoms with van der Waals surface area (Å²) < 4.78 is 16.2. The highest BCUT2D eigenvalue weighted by atomic mass is 16.5. The molecule has 2 saturated heterocycles. The quantitative estimate of drug-likeness (QED) is 0.106. The second-order valence-corrected chi connectivity index (χ2v) is 19.0. The minimum Gasteiger partial charge on any atom is -0.456 e. The van der Waals surface area contributed by atoms with E-state index >= 15 is 0 Å². The van der Waals surface area contributed by atoms with Gasteiger partial charge in [0.15, 0.2) is 0 Å². The summed E-state index contributed by atoms with van der Waals surface area (Å²) in [7, 11) is 2.62. The molecule has 2 aliphatic heterocycles. The van der Waals surface area contributed by atoms with Gasteiger partial charge in [0.2, 0.25) is 11.8 Å². The van der Waals surface area contributed by atoms with Gasteiger partial charge in [-0.25, -0.2) is 14.6 Å². The molecule has 2 bridgehead atoms. The zero-order chi connectivity index (χ0) is 43.9. The van der Waals surface area contributed by atoms with E-state index < -0.39 is 24.3 Å². The summed E-state index contributed by atoms with van der Waals surface area (Å²) in [4.78, 5) is 68.6. The molecule has 328 valence electrons. The molecule has 1 spiro atoms. The van der Waals surface area contributed by atoms with Crippen LogP contribution in [0.3, 0.4) is 0 Å². The van der Waals surface area contributed by atoms with Crippen LogP contribution in [0, 0.1) is 23.2 Å². The van der Waals surface area contributed by atoms with Gasteiger partial charge in [0, 0.05) is 40.3 Å². The van der Waals surface area contributed by atoms with Crippen LogP contribution < -0.4 is 10.6 Å². The van der Waals surface area contributed by atoms with E-state index in [0.29, 0.717) is 12.5 Å². The monoisotopic (exact) mass is 853 g/mol. The Morgan fingerprint density at radius 3 is 2.08 bits per heavy atom. The maximum atomic E-state index is 14.1. The fraction of sp³-hybridized carbons (Fsp3) is 0.449. The number of hydrogen-bond acceptors (Lipinski definition) is 8. The normalized spacial score (nSPS) is 22.2. The van der Waals surface area contributed by atoms with Crippen molar-refractivity contribution in [3.8, 4) is 22.4 Å². The van der Waals surface area contributed by atoms with Gasteiger partial charge in [-0.05, 0) is 121 Å². The van der Waals surface area contributed by atoms with Crippen molar-refractivity contribution >= 4 is 57.0 Å². The smallest absolute Gasteiger partial charge is 0.407 e. The standard InChI is InChI=1S/C49H55N7O7/c1-25(2)41(53-47(59)61-5)45(57)55-24-49(17-18-49)23-38(55)36-16-15-34(50-36)29-9-13-33-32-12-8-28(21-39(32)63-40(33)22-29)27-10-14-35-37(20-27)52-44(51-35)43-30-7-11-31(19-30)56(43)46(58)42(26(3)4)54-48(60)62-6/h8-10,12-16,20-22,25-26,30-31,38,41-43,50H,7,11,17-19,23-24H2,1-6H3,(H,51,52)(H,53,59)(H,54,60)/t30-,31+,38-,41-,42-,43-/m0/s1. The molecule has 63 heavy (non-hydrogen) atoms. The molecular weight excluding hydrogens is 799 g/mol. The van der Waals surface area contributed by atoms with Crippen LogP contribution in [0.15, 0.2) is 71.1 Å². The van der Waals surface area contributed by atoms with Gasteiger partial charge in [-0.1, -0.05) is 45.9 Å². The van der Waals surface area contributed by atoms with E-state index in [9.17, 15) is 19.2 Å². The Morgan fingerprint density at radius 1 is 0.778 bits per heavy atom. The number of aromatic amines is 2. The maximum Gasteiger partial charge on any atom is 0.407 e. The van der Waals surface area contributed by atoms with Gasteiger partial charge < -0.3 is 44.3 Å². The molecule has 0 radical (unpaired) electrons. The van der Waals surface area contributed by atoms with Gasteiger partial charge in [0.1, 0.15) is 29.1 Å². The Hall–Kier alpha value is -6.31. The molecule has 2 aliphatic carbocycles. The van der Waals surface area contributed by atoms with Gasteiger partial charge >= 0.3 is 12.2 Å². The van der Waals surface area contributed by atoms with Gasteiger partial charge in [-0.15, -0.1) is 0 Å². The minimum absolute atomic E-state index is 0.0827. The average molecular weight is 854 g/mol. The van der Waals surface area contributed by atoms with Crippen molar-refractivity contribution in [1.82, 2.24) is 35.4 Å². The third kappa shape index (κ3) is 7.16. The molecule has 4 N–H and O–H groups in total. The number of alkyl carbamates (subject to hydrolysis) is 2. The molecule has 14 nitrogen and oxygen atoms in total. The molecule has 0 unspecified atom stereocenters. The topological polar surface area (TPSA) is 175 Å². The summed E-state index contributed by atoms with van der Waals surface area (Å²) in [6, 6.07) is 21.3. The van der Waals surface area contributed by atoms with Crippen molar-refractivity contribution in [2.75, 3.05) is 20.8 Å². The lowest BCUT2D eigenvalue weighted by Crippen LogP contribution is -2.54. The first-order valence-corrected chi connectivity index (χ1v) is 22.3. The number of ether oxygens (including phenoxy) is 2. The zero-order valence-corrected chi connectivity index (χ0v) is 36.6. The molecule has 4 amide bonds. The van der Waals surface area contributed by atoms with Crippen LogP contribution in [0.4, 0.5) is 9.59 Å². The molecule has 10 rings (SSSR count). The zero-order valence-electron chi connectivity index (χ0n) is 36.6. The number of H-pyrrole nitrogens is 2. The van der Waals surface area contributed by atoms with Crippen molar-refractivity contribution in [3.05, 3.63) is 78.2 Å². The first-order chi connectivity index (χ1) is 30.3. The van der Waals surface area contributed by atoms with E-state index in [1.54, 1.807) is 0 Å². The van der Waals surface area contributed by atoms with Crippen molar-refractivity contribution in [3.63, 3.8) is 0 Å². The molecule has 6 aromatic rings. The third-order valence-corrected chi connectivity index (χ3v) is 14.3. The lowest BCUT2D eigenvalue weighted by atomic mass is 9.95. The molecule has 6 atom stereocenters. The van der Waals surface area contributed by atoms with Gasteiger partial charge in [0.05, 0.1) is 37.3 Å².